The summed E-state index contributed by atoms with van der Waals surface area (Å²) in [6.45, 7) is 3.21. The van der Waals surface area contributed by atoms with Crippen LogP contribution < -0.4 is 10.3 Å². The lowest BCUT2D eigenvalue weighted by Crippen LogP contribution is -2.21. The summed E-state index contributed by atoms with van der Waals surface area (Å²) in [5.74, 6) is -1.04. The lowest BCUT2D eigenvalue weighted by Gasteiger charge is -2.23. The topological polar surface area (TPSA) is 86.3 Å². The zero-order valence-corrected chi connectivity index (χ0v) is 16.8. The van der Waals surface area contributed by atoms with Gasteiger partial charge in [0.1, 0.15) is 6.54 Å². The summed E-state index contributed by atoms with van der Waals surface area (Å²) >= 11 is 6.39. The van der Waals surface area contributed by atoms with Crippen molar-refractivity contribution in [3.05, 3.63) is 51.1 Å². The van der Waals surface area contributed by atoms with E-state index in [-0.39, 0.29) is 12.0 Å². The molecular formula is C21H20ClN3O3. The predicted octanol–water partition coefficient (Wildman–Crippen LogP) is 3.76. The van der Waals surface area contributed by atoms with Gasteiger partial charge in [0, 0.05) is 24.9 Å². The van der Waals surface area contributed by atoms with Crippen LogP contribution >= 0.6 is 11.6 Å². The Morgan fingerprint density at radius 3 is 2.46 bits per heavy atom. The smallest absolute Gasteiger partial charge is 0.323 e. The van der Waals surface area contributed by atoms with Gasteiger partial charge in [-0.05, 0) is 43.7 Å². The highest BCUT2D eigenvalue weighted by Gasteiger charge is 2.23. The van der Waals surface area contributed by atoms with Crippen LogP contribution in [0, 0.1) is 11.3 Å². The van der Waals surface area contributed by atoms with Crippen molar-refractivity contribution in [1.82, 2.24) is 4.57 Å². The fraction of sp³-hybridized carbons (Fsp3) is 0.286. The van der Waals surface area contributed by atoms with Crippen LogP contribution in [0.4, 0.5) is 5.69 Å². The lowest BCUT2D eigenvalue weighted by molar-refractivity contribution is -0.137. The molecule has 0 bridgehead atoms. The van der Waals surface area contributed by atoms with Gasteiger partial charge >= 0.3 is 5.97 Å². The monoisotopic (exact) mass is 397 g/mol. The molecule has 1 heterocycles. The average Bonchev–Trinajstić information content (AvgIpc) is 2.63. The largest absolute Gasteiger partial charge is 0.480 e. The van der Waals surface area contributed by atoms with Gasteiger partial charge in [0.2, 0.25) is 0 Å². The van der Waals surface area contributed by atoms with Crippen molar-refractivity contribution in [2.24, 2.45) is 0 Å². The summed E-state index contributed by atoms with van der Waals surface area (Å²) in [5.41, 5.74) is 1.22. The van der Waals surface area contributed by atoms with Gasteiger partial charge in [0.15, 0.2) is 5.43 Å². The molecule has 7 heteroatoms. The standard InChI is InChI=1S/C21H20ClN3O3/c1-21(2,11-23)12-5-6-13-16(9-12)25(10-17(26)27)18-14(20(13)28)7-8-15(22)19(18)24(3)4/h5-9H,10H2,1-4H3,(H,26,27). The molecule has 3 aromatic rings. The maximum atomic E-state index is 13.2. The Morgan fingerprint density at radius 2 is 1.89 bits per heavy atom. The van der Waals surface area contributed by atoms with Gasteiger partial charge in [-0.3, -0.25) is 9.59 Å². The first-order valence-corrected chi connectivity index (χ1v) is 9.06. The number of hydrogen-bond acceptors (Lipinski definition) is 4. The second-order valence-electron chi connectivity index (χ2n) is 7.46. The molecule has 2 aromatic carbocycles. The number of nitrogens with zero attached hydrogens (tertiary/aromatic N) is 3. The number of aliphatic carboxylic acids is 1. The lowest BCUT2D eigenvalue weighted by atomic mass is 9.85. The average molecular weight is 398 g/mol. The Kier molecular flexibility index (Phi) is 4.82. The van der Waals surface area contributed by atoms with Gasteiger partial charge in [-0.25, -0.2) is 0 Å². The maximum Gasteiger partial charge on any atom is 0.323 e. The normalized spacial score (nSPS) is 11.6. The van der Waals surface area contributed by atoms with E-state index in [4.69, 9.17) is 11.6 Å². The van der Waals surface area contributed by atoms with Gasteiger partial charge in [-0.1, -0.05) is 17.7 Å². The second-order valence-corrected chi connectivity index (χ2v) is 7.87. The molecule has 0 saturated carbocycles. The predicted molar refractivity (Wildman–Crippen MR) is 111 cm³/mol. The molecule has 0 aliphatic rings. The molecule has 0 unspecified atom stereocenters. The number of benzene rings is 2. The molecule has 1 aromatic heterocycles. The first-order valence-electron chi connectivity index (χ1n) is 8.68. The number of halogens is 1. The highest BCUT2D eigenvalue weighted by molar-refractivity contribution is 6.35. The highest BCUT2D eigenvalue weighted by Crippen LogP contribution is 2.35. The van der Waals surface area contributed by atoms with Crippen molar-refractivity contribution in [3.8, 4) is 6.07 Å². The Balaban J connectivity index is 2.61. The fourth-order valence-corrected chi connectivity index (χ4v) is 3.72. The minimum atomic E-state index is -1.04. The van der Waals surface area contributed by atoms with E-state index in [1.807, 2.05) is 0 Å². The van der Waals surface area contributed by atoms with Crippen LogP contribution in [0.25, 0.3) is 21.8 Å². The van der Waals surface area contributed by atoms with E-state index in [2.05, 4.69) is 6.07 Å². The molecule has 6 nitrogen and oxygen atoms in total. The van der Waals surface area contributed by atoms with Crippen LogP contribution in [0.15, 0.2) is 35.1 Å². The van der Waals surface area contributed by atoms with Crippen molar-refractivity contribution in [2.45, 2.75) is 25.8 Å². The van der Waals surface area contributed by atoms with Crippen molar-refractivity contribution in [3.63, 3.8) is 0 Å². The van der Waals surface area contributed by atoms with Crippen molar-refractivity contribution in [1.29, 1.82) is 5.26 Å². The number of nitriles is 1. The Labute approximate surface area is 167 Å². The van der Waals surface area contributed by atoms with Gasteiger partial charge in [-0.2, -0.15) is 5.26 Å². The second kappa shape index (κ2) is 6.84. The summed E-state index contributed by atoms with van der Waals surface area (Å²) in [6, 6.07) is 10.6. The van der Waals surface area contributed by atoms with Crippen LogP contribution in [0.1, 0.15) is 19.4 Å². The van der Waals surface area contributed by atoms with Crippen LogP contribution in [-0.4, -0.2) is 29.7 Å². The first-order chi connectivity index (χ1) is 13.1. The van der Waals surface area contributed by atoms with Gasteiger partial charge in [0.05, 0.1) is 33.2 Å². The van der Waals surface area contributed by atoms with E-state index < -0.39 is 11.4 Å². The zero-order chi connectivity index (χ0) is 20.8. The summed E-state index contributed by atoms with van der Waals surface area (Å²) in [6.07, 6.45) is 0. The number of carboxylic acid groups (broad SMARTS) is 1. The SMILES string of the molecule is CN(C)c1c(Cl)ccc2c(=O)c3ccc(C(C)(C)C#N)cc3n(CC(=O)O)c12. The molecule has 3 rings (SSSR count). The molecule has 144 valence electrons. The summed E-state index contributed by atoms with van der Waals surface area (Å²) in [4.78, 5) is 26.6. The number of rotatable bonds is 4. The Morgan fingerprint density at radius 1 is 1.25 bits per heavy atom. The van der Waals surface area contributed by atoms with E-state index in [9.17, 15) is 20.0 Å². The molecule has 28 heavy (non-hydrogen) atoms. The van der Waals surface area contributed by atoms with Crippen LogP contribution in [-0.2, 0) is 16.8 Å². The number of anilines is 1. The van der Waals surface area contributed by atoms with Crippen LogP contribution in [0.3, 0.4) is 0 Å². The zero-order valence-electron chi connectivity index (χ0n) is 16.1. The first kappa shape index (κ1) is 19.7. The van der Waals surface area contributed by atoms with E-state index in [1.165, 1.54) is 0 Å². The Hall–Kier alpha value is -3.04. The third-order valence-electron chi connectivity index (χ3n) is 4.89. The van der Waals surface area contributed by atoms with E-state index in [1.54, 1.807) is 67.7 Å². The molecule has 1 N–H and O–H groups in total. The number of carbonyl (C=O) groups is 1. The molecule has 0 aliphatic heterocycles. The molecule has 0 aliphatic carbocycles. The quantitative estimate of drug-likeness (QED) is 0.677. The molecule has 0 saturated heterocycles. The van der Waals surface area contributed by atoms with Gasteiger partial charge < -0.3 is 14.6 Å². The van der Waals surface area contributed by atoms with E-state index in [0.29, 0.717) is 38.1 Å². The van der Waals surface area contributed by atoms with E-state index >= 15 is 0 Å². The molecule has 0 radical (unpaired) electrons. The maximum absolute atomic E-state index is 13.2. The van der Waals surface area contributed by atoms with E-state index in [0.717, 1.165) is 0 Å². The molecule has 0 atom stereocenters. The molecule has 0 spiro atoms. The third-order valence-corrected chi connectivity index (χ3v) is 5.20. The molecular weight excluding hydrogens is 378 g/mol. The van der Waals surface area contributed by atoms with Crippen molar-refractivity contribution >= 4 is 45.1 Å². The molecule has 0 fully saturated rings. The summed E-state index contributed by atoms with van der Waals surface area (Å²) < 4.78 is 1.59. The fourth-order valence-electron chi connectivity index (χ4n) is 3.40. The minimum absolute atomic E-state index is 0.201. The van der Waals surface area contributed by atoms with Gasteiger partial charge in [-0.15, -0.1) is 0 Å². The van der Waals surface area contributed by atoms with Crippen molar-refractivity contribution < 1.29 is 9.90 Å². The third kappa shape index (κ3) is 3.08. The number of fused-ring (bicyclic) bond motifs is 2. The Bertz CT molecular complexity index is 1220. The highest BCUT2D eigenvalue weighted by atomic mass is 35.5. The van der Waals surface area contributed by atoms with Crippen molar-refractivity contribution in [2.75, 3.05) is 19.0 Å². The molecule has 0 amide bonds. The van der Waals surface area contributed by atoms with Gasteiger partial charge in [0.25, 0.3) is 0 Å². The number of carboxylic acids is 1. The minimum Gasteiger partial charge on any atom is -0.480 e. The number of aromatic nitrogens is 1. The summed E-state index contributed by atoms with van der Waals surface area (Å²) in [7, 11) is 3.57. The number of hydrogen-bond donors (Lipinski definition) is 1. The summed E-state index contributed by atoms with van der Waals surface area (Å²) in [5, 5.41) is 20.2. The number of pyridine rings is 1. The van der Waals surface area contributed by atoms with Crippen LogP contribution in [0.5, 0.6) is 0 Å². The van der Waals surface area contributed by atoms with Crippen LogP contribution in [0.2, 0.25) is 5.02 Å².